The van der Waals surface area contributed by atoms with Gasteiger partial charge in [-0.15, -0.1) is 0 Å². The van der Waals surface area contributed by atoms with Gasteiger partial charge in [-0.2, -0.15) is 5.26 Å². The highest BCUT2D eigenvalue weighted by Crippen LogP contribution is 2.18. The van der Waals surface area contributed by atoms with Crippen LogP contribution in [-0.4, -0.2) is 10.8 Å². The predicted molar refractivity (Wildman–Crippen MR) is 94.4 cm³/mol. The Morgan fingerprint density at radius 3 is 2.44 bits per heavy atom. The van der Waals surface area contributed by atoms with Gasteiger partial charge in [0.1, 0.15) is 11.6 Å². The lowest BCUT2D eigenvalue weighted by Gasteiger charge is -2.16. The lowest BCUT2D eigenvalue weighted by atomic mass is 10.0. The lowest BCUT2D eigenvalue weighted by Crippen LogP contribution is -2.28. The highest BCUT2D eigenvalue weighted by molar-refractivity contribution is 6.01. The third-order valence-corrected chi connectivity index (χ3v) is 3.78. The van der Waals surface area contributed by atoms with E-state index in [1.165, 1.54) is 30.3 Å². The van der Waals surface area contributed by atoms with Gasteiger partial charge in [-0.1, -0.05) is 24.3 Å². The van der Waals surface area contributed by atoms with Crippen molar-refractivity contribution in [2.45, 2.75) is 19.9 Å². The largest absolute Gasteiger partial charge is 0.345 e. The maximum absolute atomic E-state index is 12.3. The van der Waals surface area contributed by atoms with E-state index in [1.54, 1.807) is 0 Å². The summed E-state index contributed by atoms with van der Waals surface area (Å²) >= 11 is 0. The normalized spacial score (nSPS) is 12.1. The monoisotopic (exact) mass is 335 g/mol. The van der Waals surface area contributed by atoms with Crippen LogP contribution >= 0.6 is 0 Å². The molecule has 1 N–H and O–H groups in total. The molecular weight excluding hydrogens is 318 g/mol. The van der Waals surface area contributed by atoms with Crippen LogP contribution in [0.4, 0.5) is 5.69 Å². The fourth-order valence-corrected chi connectivity index (χ4v) is 2.43. The molecule has 0 unspecified atom stereocenters. The molecule has 0 aromatic heterocycles. The molecule has 0 spiro atoms. The second-order valence-electron chi connectivity index (χ2n) is 5.57. The van der Waals surface area contributed by atoms with Gasteiger partial charge in [-0.3, -0.25) is 14.9 Å². The number of aryl methyl sites for hydroxylation is 1. The number of amides is 1. The average molecular weight is 335 g/mol. The molecule has 6 heteroatoms. The van der Waals surface area contributed by atoms with Gasteiger partial charge in [0.15, 0.2) is 0 Å². The van der Waals surface area contributed by atoms with E-state index in [-0.39, 0.29) is 17.3 Å². The summed E-state index contributed by atoms with van der Waals surface area (Å²) in [4.78, 5) is 22.5. The minimum absolute atomic E-state index is 0.0479. The number of benzene rings is 2. The Balaban J connectivity index is 2.17. The van der Waals surface area contributed by atoms with Crippen molar-refractivity contribution in [3.63, 3.8) is 0 Å². The quantitative estimate of drug-likeness (QED) is 0.390. The molecular formula is C19H17N3O3. The maximum atomic E-state index is 12.3. The number of non-ortho nitro benzene ring substituents is 1. The minimum Gasteiger partial charge on any atom is -0.345 e. The molecule has 0 heterocycles. The van der Waals surface area contributed by atoms with Gasteiger partial charge in [-0.05, 0) is 48.7 Å². The number of rotatable bonds is 5. The molecule has 0 aliphatic carbocycles. The van der Waals surface area contributed by atoms with Crippen molar-refractivity contribution >= 4 is 17.7 Å². The molecule has 0 aliphatic heterocycles. The Kier molecular flexibility index (Phi) is 5.64. The number of carbonyl (C=O) groups is 1. The summed E-state index contributed by atoms with van der Waals surface area (Å²) in [7, 11) is 0. The van der Waals surface area contributed by atoms with Gasteiger partial charge in [0.2, 0.25) is 0 Å². The lowest BCUT2D eigenvalue weighted by molar-refractivity contribution is -0.384. The van der Waals surface area contributed by atoms with E-state index in [0.717, 1.165) is 11.1 Å². The van der Waals surface area contributed by atoms with E-state index in [4.69, 9.17) is 0 Å². The van der Waals surface area contributed by atoms with Crippen LogP contribution in [0.1, 0.15) is 29.7 Å². The van der Waals surface area contributed by atoms with Gasteiger partial charge in [0.05, 0.1) is 11.0 Å². The summed E-state index contributed by atoms with van der Waals surface area (Å²) in [5, 5.41) is 22.7. The summed E-state index contributed by atoms with van der Waals surface area (Å²) in [6.45, 7) is 3.80. The molecule has 25 heavy (non-hydrogen) atoms. The molecule has 0 fully saturated rings. The fourth-order valence-electron chi connectivity index (χ4n) is 2.43. The van der Waals surface area contributed by atoms with Crippen molar-refractivity contribution in [2.75, 3.05) is 0 Å². The van der Waals surface area contributed by atoms with Crippen molar-refractivity contribution in [3.8, 4) is 6.07 Å². The number of hydrogen-bond acceptors (Lipinski definition) is 4. The molecule has 2 aromatic rings. The molecule has 2 aromatic carbocycles. The number of hydrogen-bond donors (Lipinski definition) is 1. The van der Waals surface area contributed by atoms with Crippen LogP contribution in [0.5, 0.6) is 0 Å². The molecule has 0 radical (unpaired) electrons. The number of nitro groups is 1. The summed E-state index contributed by atoms with van der Waals surface area (Å²) in [5.41, 5.74) is 2.46. The van der Waals surface area contributed by atoms with Crippen LogP contribution in [0.3, 0.4) is 0 Å². The Bertz CT molecular complexity index is 864. The first-order valence-electron chi connectivity index (χ1n) is 7.65. The summed E-state index contributed by atoms with van der Waals surface area (Å²) < 4.78 is 0. The van der Waals surface area contributed by atoms with Gasteiger partial charge in [0, 0.05) is 12.1 Å². The van der Waals surface area contributed by atoms with E-state index in [0.29, 0.717) is 5.56 Å². The zero-order valence-electron chi connectivity index (χ0n) is 13.9. The van der Waals surface area contributed by atoms with Crippen molar-refractivity contribution in [2.24, 2.45) is 0 Å². The van der Waals surface area contributed by atoms with Gasteiger partial charge < -0.3 is 5.32 Å². The highest BCUT2D eigenvalue weighted by Gasteiger charge is 2.15. The first-order chi connectivity index (χ1) is 11.9. The van der Waals surface area contributed by atoms with Crippen LogP contribution < -0.4 is 5.32 Å². The molecule has 6 nitrogen and oxygen atoms in total. The van der Waals surface area contributed by atoms with E-state index >= 15 is 0 Å². The van der Waals surface area contributed by atoms with Crippen LogP contribution in [0, 0.1) is 28.4 Å². The van der Waals surface area contributed by atoms with E-state index < -0.39 is 10.8 Å². The second kappa shape index (κ2) is 7.88. The van der Waals surface area contributed by atoms with Gasteiger partial charge >= 0.3 is 0 Å². The molecule has 2 rings (SSSR count). The van der Waals surface area contributed by atoms with Crippen LogP contribution in [0.2, 0.25) is 0 Å². The molecule has 0 saturated heterocycles. The van der Waals surface area contributed by atoms with Crippen molar-refractivity contribution in [1.29, 1.82) is 5.26 Å². The van der Waals surface area contributed by atoms with E-state index in [9.17, 15) is 20.2 Å². The van der Waals surface area contributed by atoms with E-state index in [2.05, 4.69) is 5.32 Å². The zero-order chi connectivity index (χ0) is 18.4. The second-order valence-corrected chi connectivity index (χ2v) is 5.57. The van der Waals surface area contributed by atoms with E-state index in [1.807, 2.05) is 44.2 Å². The number of nitrogens with one attached hydrogen (secondary N) is 1. The van der Waals surface area contributed by atoms with Crippen LogP contribution in [-0.2, 0) is 4.79 Å². The third-order valence-electron chi connectivity index (χ3n) is 3.78. The zero-order valence-corrected chi connectivity index (χ0v) is 13.9. The van der Waals surface area contributed by atoms with Gasteiger partial charge in [0.25, 0.3) is 11.6 Å². The SMILES string of the molecule is Cc1ccccc1[C@H](C)NC(=O)/C(C#N)=C/c1ccc([N+](=O)[O-])cc1. The van der Waals surface area contributed by atoms with Crippen molar-refractivity contribution in [1.82, 2.24) is 5.32 Å². The number of carbonyl (C=O) groups excluding carboxylic acids is 1. The number of nitriles is 1. The molecule has 0 bridgehead atoms. The topological polar surface area (TPSA) is 96.0 Å². The minimum atomic E-state index is -0.505. The van der Waals surface area contributed by atoms with Gasteiger partial charge in [-0.25, -0.2) is 0 Å². The highest BCUT2D eigenvalue weighted by atomic mass is 16.6. The fraction of sp³-hybridized carbons (Fsp3) is 0.158. The Labute approximate surface area is 145 Å². The molecule has 126 valence electrons. The van der Waals surface area contributed by atoms with Crippen LogP contribution in [0.25, 0.3) is 6.08 Å². The number of nitrogens with zero attached hydrogens (tertiary/aromatic N) is 2. The smallest absolute Gasteiger partial charge is 0.269 e. The van der Waals surface area contributed by atoms with Crippen LogP contribution in [0.15, 0.2) is 54.1 Å². The number of nitro benzene ring substituents is 1. The van der Waals surface area contributed by atoms with Crippen molar-refractivity contribution < 1.29 is 9.72 Å². The Morgan fingerprint density at radius 1 is 1.24 bits per heavy atom. The first kappa shape index (κ1) is 17.9. The maximum Gasteiger partial charge on any atom is 0.269 e. The third kappa shape index (κ3) is 4.52. The molecule has 0 aliphatic rings. The average Bonchev–Trinajstić information content (AvgIpc) is 2.60. The summed E-state index contributed by atoms with van der Waals surface area (Å²) in [6.07, 6.45) is 1.41. The standard InChI is InChI=1S/C19H17N3O3/c1-13-5-3-4-6-18(13)14(2)21-19(23)16(12-20)11-15-7-9-17(10-8-15)22(24)25/h3-11,14H,1-2H3,(H,21,23)/b16-11+/t14-/m0/s1. The summed E-state index contributed by atoms with van der Waals surface area (Å²) in [6, 6.07) is 15.0. The first-order valence-corrected chi connectivity index (χ1v) is 7.65. The predicted octanol–water partition coefficient (Wildman–Crippen LogP) is 3.69. The Morgan fingerprint density at radius 2 is 1.88 bits per heavy atom. The van der Waals surface area contributed by atoms with Crippen molar-refractivity contribution in [3.05, 3.63) is 80.9 Å². The summed E-state index contributed by atoms with van der Waals surface area (Å²) in [5.74, 6) is -0.489. The molecule has 1 amide bonds. The molecule has 0 saturated carbocycles. The Hall–Kier alpha value is -3.46. The molecule has 1 atom stereocenters.